The topological polar surface area (TPSA) is 44.8 Å². The molecule has 0 saturated carbocycles. The van der Waals surface area contributed by atoms with Crippen LogP contribution in [0, 0.1) is 0 Å². The third-order valence-corrected chi connectivity index (χ3v) is 4.20. The highest BCUT2D eigenvalue weighted by atomic mass is 16.5. The Balaban J connectivity index is 2.39. The first-order valence-electron chi connectivity index (χ1n) is 8.48. The van der Waals surface area contributed by atoms with Crippen LogP contribution < -0.4 is 5.32 Å². The van der Waals surface area contributed by atoms with Crippen molar-refractivity contribution in [1.82, 2.24) is 15.1 Å². The van der Waals surface area contributed by atoms with Crippen molar-refractivity contribution in [2.24, 2.45) is 0 Å². The van der Waals surface area contributed by atoms with E-state index < -0.39 is 0 Å². The van der Waals surface area contributed by atoms with E-state index in [-0.39, 0.29) is 12.0 Å². The first kappa shape index (κ1) is 18.4. The molecule has 0 amide bonds. The smallest absolute Gasteiger partial charge is 0.323 e. The fraction of sp³-hybridized carbons (Fsp3) is 0.938. The highest BCUT2D eigenvalue weighted by Crippen LogP contribution is 2.10. The normalized spacial score (nSPS) is 22.2. The molecule has 1 saturated heterocycles. The average molecular weight is 299 g/mol. The minimum atomic E-state index is -0.163. The molecule has 5 nitrogen and oxygen atoms in total. The van der Waals surface area contributed by atoms with Crippen LogP contribution in [0.25, 0.3) is 0 Å². The zero-order chi connectivity index (χ0) is 15.7. The molecule has 0 spiro atoms. The molecule has 0 radical (unpaired) electrons. The molecule has 0 aromatic rings. The van der Waals surface area contributed by atoms with Gasteiger partial charge in [-0.1, -0.05) is 13.8 Å². The fourth-order valence-corrected chi connectivity index (χ4v) is 2.92. The Kier molecular flexibility index (Phi) is 8.88. The van der Waals surface area contributed by atoms with Crippen molar-refractivity contribution >= 4 is 5.97 Å². The van der Waals surface area contributed by atoms with Gasteiger partial charge in [0.2, 0.25) is 0 Å². The summed E-state index contributed by atoms with van der Waals surface area (Å²) < 4.78 is 5.17. The van der Waals surface area contributed by atoms with E-state index in [2.05, 4.69) is 35.9 Å². The van der Waals surface area contributed by atoms with E-state index >= 15 is 0 Å². The molecule has 1 aliphatic heterocycles. The summed E-state index contributed by atoms with van der Waals surface area (Å²) in [6.07, 6.45) is 1.86. The lowest BCUT2D eigenvalue weighted by atomic mass is 10.1. The SMILES string of the molecule is CCCNC(CCN1CCN(CC)C(C)C1)C(=O)OCC. The maximum atomic E-state index is 12.0. The molecule has 0 aliphatic carbocycles. The van der Waals surface area contributed by atoms with Gasteiger partial charge in [0.05, 0.1) is 6.61 Å². The average Bonchev–Trinajstić information content (AvgIpc) is 2.47. The molecular formula is C16H33N3O2. The molecule has 0 aromatic heterocycles. The Hall–Kier alpha value is -0.650. The van der Waals surface area contributed by atoms with Gasteiger partial charge in [0, 0.05) is 32.2 Å². The quantitative estimate of drug-likeness (QED) is 0.651. The monoisotopic (exact) mass is 299 g/mol. The van der Waals surface area contributed by atoms with Crippen LogP contribution in [0.5, 0.6) is 0 Å². The van der Waals surface area contributed by atoms with Gasteiger partial charge in [-0.3, -0.25) is 9.69 Å². The van der Waals surface area contributed by atoms with Crippen LogP contribution in [0.2, 0.25) is 0 Å². The maximum absolute atomic E-state index is 12.0. The lowest BCUT2D eigenvalue weighted by Gasteiger charge is -2.39. The summed E-state index contributed by atoms with van der Waals surface area (Å²) in [5.74, 6) is -0.105. The van der Waals surface area contributed by atoms with Crippen LogP contribution in [-0.2, 0) is 9.53 Å². The number of nitrogens with one attached hydrogen (secondary N) is 1. The van der Waals surface area contributed by atoms with Crippen LogP contribution in [0.1, 0.15) is 40.5 Å². The van der Waals surface area contributed by atoms with E-state index in [4.69, 9.17) is 4.74 Å². The fourth-order valence-electron chi connectivity index (χ4n) is 2.92. The third kappa shape index (κ3) is 6.32. The Morgan fingerprint density at radius 3 is 2.67 bits per heavy atom. The number of esters is 1. The van der Waals surface area contributed by atoms with Crippen molar-refractivity contribution in [3.05, 3.63) is 0 Å². The van der Waals surface area contributed by atoms with Crippen molar-refractivity contribution in [2.45, 2.75) is 52.6 Å². The highest BCUT2D eigenvalue weighted by molar-refractivity contribution is 5.75. The van der Waals surface area contributed by atoms with Gasteiger partial charge in [-0.15, -0.1) is 0 Å². The largest absolute Gasteiger partial charge is 0.465 e. The number of nitrogens with zero attached hydrogens (tertiary/aromatic N) is 2. The van der Waals surface area contributed by atoms with Crippen LogP contribution >= 0.6 is 0 Å². The van der Waals surface area contributed by atoms with Gasteiger partial charge in [0.15, 0.2) is 0 Å². The van der Waals surface area contributed by atoms with Crippen molar-refractivity contribution in [3.63, 3.8) is 0 Å². The third-order valence-electron chi connectivity index (χ3n) is 4.20. The molecule has 1 heterocycles. The van der Waals surface area contributed by atoms with E-state index in [1.807, 2.05) is 6.92 Å². The first-order valence-corrected chi connectivity index (χ1v) is 8.48. The predicted molar refractivity (Wildman–Crippen MR) is 86.5 cm³/mol. The zero-order valence-corrected chi connectivity index (χ0v) is 14.2. The van der Waals surface area contributed by atoms with Crippen LogP contribution in [0.15, 0.2) is 0 Å². The number of carbonyl (C=O) groups excluding carboxylic acids is 1. The summed E-state index contributed by atoms with van der Waals surface area (Å²) in [4.78, 5) is 17.0. The molecule has 21 heavy (non-hydrogen) atoms. The van der Waals surface area contributed by atoms with Gasteiger partial charge in [0.25, 0.3) is 0 Å². The number of hydrogen-bond donors (Lipinski definition) is 1. The maximum Gasteiger partial charge on any atom is 0.323 e. The molecule has 1 aliphatic rings. The first-order chi connectivity index (χ1) is 10.1. The number of likely N-dealkylation sites (N-methyl/N-ethyl adjacent to an activating group) is 1. The Labute approximate surface area is 130 Å². The van der Waals surface area contributed by atoms with Crippen molar-refractivity contribution in [3.8, 4) is 0 Å². The number of hydrogen-bond acceptors (Lipinski definition) is 5. The summed E-state index contributed by atoms with van der Waals surface area (Å²) in [5, 5.41) is 3.31. The molecule has 0 aromatic carbocycles. The predicted octanol–water partition coefficient (Wildman–Crippen LogP) is 1.33. The molecule has 1 fully saturated rings. The molecule has 124 valence electrons. The Bertz CT molecular complexity index is 299. The second-order valence-corrected chi connectivity index (χ2v) is 5.83. The lowest BCUT2D eigenvalue weighted by Crippen LogP contribution is -2.52. The number of carbonyl (C=O) groups is 1. The van der Waals surface area contributed by atoms with Gasteiger partial charge < -0.3 is 15.0 Å². The highest BCUT2D eigenvalue weighted by Gasteiger charge is 2.24. The van der Waals surface area contributed by atoms with E-state index in [0.717, 1.165) is 52.1 Å². The van der Waals surface area contributed by atoms with Gasteiger partial charge in [0.1, 0.15) is 6.04 Å². The zero-order valence-electron chi connectivity index (χ0n) is 14.2. The second-order valence-electron chi connectivity index (χ2n) is 5.83. The number of ether oxygens (including phenoxy) is 1. The lowest BCUT2D eigenvalue weighted by molar-refractivity contribution is -0.146. The van der Waals surface area contributed by atoms with Crippen LogP contribution in [-0.4, -0.2) is 73.7 Å². The molecule has 2 unspecified atom stereocenters. The molecule has 1 rings (SSSR count). The molecule has 2 atom stereocenters. The minimum absolute atomic E-state index is 0.105. The van der Waals surface area contributed by atoms with Gasteiger partial charge in [-0.25, -0.2) is 0 Å². The van der Waals surface area contributed by atoms with Gasteiger partial charge in [-0.2, -0.15) is 0 Å². The van der Waals surface area contributed by atoms with Crippen molar-refractivity contribution < 1.29 is 9.53 Å². The molecular weight excluding hydrogens is 266 g/mol. The second kappa shape index (κ2) is 10.1. The Morgan fingerprint density at radius 2 is 2.10 bits per heavy atom. The van der Waals surface area contributed by atoms with Crippen molar-refractivity contribution in [2.75, 3.05) is 45.9 Å². The van der Waals surface area contributed by atoms with E-state index in [1.54, 1.807) is 0 Å². The summed E-state index contributed by atoms with van der Waals surface area (Å²) in [6, 6.07) is 0.442. The van der Waals surface area contributed by atoms with Crippen molar-refractivity contribution in [1.29, 1.82) is 0 Å². The van der Waals surface area contributed by atoms with Crippen LogP contribution in [0.4, 0.5) is 0 Å². The molecule has 0 bridgehead atoms. The van der Waals surface area contributed by atoms with E-state index in [0.29, 0.717) is 12.6 Å². The molecule has 5 heteroatoms. The van der Waals surface area contributed by atoms with Gasteiger partial charge >= 0.3 is 5.97 Å². The minimum Gasteiger partial charge on any atom is -0.465 e. The summed E-state index contributed by atoms with van der Waals surface area (Å²) >= 11 is 0. The van der Waals surface area contributed by atoms with E-state index in [1.165, 1.54) is 0 Å². The Morgan fingerprint density at radius 1 is 1.33 bits per heavy atom. The molecule has 1 N–H and O–H groups in total. The number of rotatable bonds is 9. The summed E-state index contributed by atoms with van der Waals surface area (Å²) in [5.41, 5.74) is 0. The summed E-state index contributed by atoms with van der Waals surface area (Å²) in [6.45, 7) is 15.2. The summed E-state index contributed by atoms with van der Waals surface area (Å²) in [7, 11) is 0. The standard InChI is InChI=1S/C16H33N3O2/c1-5-9-17-15(16(20)21-7-3)8-10-18-11-12-19(6-2)14(4)13-18/h14-15,17H,5-13H2,1-4H3. The van der Waals surface area contributed by atoms with Crippen LogP contribution in [0.3, 0.4) is 0 Å². The number of piperazine rings is 1. The van der Waals surface area contributed by atoms with E-state index in [9.17, 15) is 4.79 Å². The van der Waals surface area contributed by atoms with Gasteiger partial charge in [-0.05, 0) is 39.8 Å².